The normalized spacial score (nSPS) is 15.0. The van der Waals surface area contributed by atoms with Gasteiger partial charge >= 0.3 is 11.9 Å². The maximum atomic E-state index is 12.8. The van der Waals surface area contributed by atoms with E-state index in [0.717, 1.165) is 23.3 Å². The lowest BCUT2D eigenvalue weighted by Crippen LogP contribution is -2.23. The first-order valence-corrected chi connectivity index (χ1v) is 11.2. The number of ether oxygens (including phenoxy) is 3. The summed E-state index contributed by atoms with van der Waals surface area (Å²) in [7, 11) is 1.58. The first-order valence-electron chi connectivity index (χ1n) is 10.4. The van der Waals surface area contributed by atoms with E-state index in [1.807, 2.05) is 12.1 Å². The summed E-state index contributed by atoms with van der Waals surface area (Å²) in [5, 5.41) is 3.30. The summed E-state index contributed by atoms with van der Waals surface area (Å²) in [6, 6.07) is 7.22. The second-order valence-electron chi connectivity index (χ2n) is 7.13. The second kappa shape index (κ2) is 10.4. The number of hydrogen-bond acceptors (Lipinski definition) is 7. The molecule has 0 aliphatic heterocycles. The number of hydrogen-bond donors (Lipinski definition) is 1. The van der Waals surface area contributed by atoms with E-state index in [4.69, 9.17) is 14.2 Å². The number of anilines is 1. The maximum absolute atomic E-state index is 12.8. The van der Waals surface area contributed by atoms with Crippen LogP contribution in [0.1, 0.15) is 59.0 Å². The number of carbonyl (C=O) groups excluding carboxylic acids is 3. The molecule has 1 amide bonds. The largest absolute Gasteiger partial charge is 0.497 e. The molecule has 166 valence electrons. The molecule has 1 aliphatic carbocycles. The molecular weight excluding hydrogens is 418 g/mol. The fourth-order valence-corrected chi connectivity index (χ4v) is 5.04. The quantitative estimate of drug-likeness (QED) is 0.615. The van der Waals surface area contributed by atoms with Gasteiger partial charge in [-0.25, -0.2) is 4.79 Å². The molecule has 1 heterocycles. The summed E-state index contributed by atoms with van der Waals surface area (Å²) in [5.41, 5.74) is 1.75. The molecule has 0 saturated heterocycles. The van der Waals surface area contributed by atoms with Gasteiger partial charge in [0.15, 0.2) is 0 Å². The lowest BCUT2D eigenvalue weighted by molar-refractivity contribution is -0.145. The van der Waals surface area contributed by atoms with Crippen LogP contribution in [0.15, 0.2) is 24.3 Å². The van der Waals surface area contributed by atoms with Gasteiger partial charge in [-0.05, 0) is 56.4 Å². The molecule has 3 rings (SSSR count). The van der Waals surface area contributed by atoms with E-state index < -0.39 is 11.9 Å². The zero-order valence-corrected chi connectivity index (χ0v) is 18.8. The predicted molar refractivity (Wildman–Crippen MR) is 118 cm³/mol. The minimum absolute atomic E-state index is 0.149. The molecule has 0 fully saturated rings. The van der Waals surface area contributed by atoms with Crippen LogP contribution in [0.2, 0.25) is 0 Å². The number of amides is 1. The molecule has 1 unspecified atom stereocenters. The van der Waals surface area contributed by atoms with Crippen LogP contribution >= 0.6 is 11.3 Å². The average molecular weight is 446 g/mol. The Balaban J connectivity index is 1.89. The van der Waals surface area contributed by atoms with Crippen molar-refractivity contribution in [1.29, 1.82) is 0 Å². The SMILES string of the molecule is CCOC(=O)c1c(NC(=O)Cc2ccc(OC)cc2)sc2c1C(C(=O)OCC)CCC2. The Hall–Kier alpha value is -2.87. The predicted octanol–water partition coefficient (Wildman–Crippen LogP) is 4.10. The number of nitrogens with one attached hydrogen (secondary N) is 1. The van der Waals surface area contributed by atoms with Crippen molar-refractivity contribution in [2.45, 2.75) is 45.4 Å². The fraction of sp³-hybridized carbons (Fsp3) is 0.435. The van der Waals surface area contributed by atoms with Gasteiger partial charge in [-0.3, -0.25) is 9.59 Å². The van der Waals surface area contributed by atoms with Crippen LogP contribution in [0.4, 0.5) is 5.00 Å². The van der Waals surface area contributed by atoms with Crippen LogP contribution in [0.5, 0.6) is 5.75 Å². The van der Waals surface area contributed by atoms with Crippen molar-refractivity contribution in [3.63, 3.8) is 0 Å². The first kappa shape index (κ1) is 22.8. The summed E-state index contributed by atoms with van der Waals surface area (Å²) >= 11 is 1.34. The minimum atomic E-state index is -0.532. The molecule has 7 nitrogen and oxygen atoms in total. The van der Waals surface area contributed by atoms with Crippen LogP contribution in [0.25, 0.3) is 0 Å². The van der Waals surface area contributed by atoms with Gasteiger partial charge in [0.05, 0.1) is 38.2 Å². The Kier molecular flexibility index (Phi) is 7.68. The Morgan fingerprint density at radius 2 is 1.81 bits per heavy atom. The number of methoxy groups -OCH3 is 1. The van der Waals surface area contributed by atoms with Gasteiger partial charge in [-0.15, -0.1) is 11.3 Å². The fourth-order valence-electron chi connectivity index (χ4n) is 3.73. The number of benzene rings is 1. The first-order chi connectivity index (χ1) is 15.0. The molecule has 1 N–H and O–H groups in total. The Morgan fingerprint density at radius 3 is 2.45 bits per heavy atom. The van der Waals surface area contributed by atoms with Gasteiger partial charge in [0.25, 0.3) is 0 Å². The van der Waals surface area contributed by atoms with Crippen LogP contribution < -0.4 is 10.1 Å². The summed E-state index contributed by atoms with van der Waals surface area (Å²) in [4.78, 5) is 39.0. The van der Waals surface area contributed by atoms with Gasteiger partial charge in [-0.2, -0.15) is 0 Å². The summed E-state index contributed by atoms with van der Waals surface area (Å²) < 4.78 is 15.6. The van der Waals surface area contributed by atoms with Crippen LogP contribution in [-0.4, -0.2) is 38.2 Å². The molecular formula is C23H27NO6S. The molecule has 2 aromatic rings. The van der Waals surface area contributed by atoms with Gasteiger partial charge in [0, 0.05) is 4.88 Å². The van der Waals surface area contributed by atoms with Crippen LogP contribution in [0, 0.1) is 0 Å². The van der Waals surface area contributed by atoms with Gasteiger partial charge < -0.3 is 19.5 Å². The van der Waals surface area contributed by atoms with Crippen molar-refractivity contribution in [1.82, 2.24) is 0 Å². The standard InChI is InChI=1S/C23H27NO6S/c1-4-29-22(26)16-7-6-8-17-19(16)20(23(27)30-5-2)21(31-17)24-18(25)13-14-9-11-15(28-3)12-10-14/h9-12,16H,4-8,13H2,1-3H3,(H,24,25). The number of carbonyl (C=O) groups is 3. The maximum Gasteiger partial charge on any atom is 0.341 e. The monoisotopic (exact) mass is 445 g/mol. The molecule has 1 aromatic carbocycles. The van der Waals surface area contributed by atoms with Gasteiger partial charge in [0.2, 0.25) is 5.91 Å². The molecule has 0 spiro atoms. The molecule has 1 aromatic heterocycles. The highest BCUT2D eigenvalue weighted by molar-refractivity contribution is 7.17. The highest BCUT2D eigenvalue weighted by atomic mass is 32.1. The third-order valence-corrected chi connectivity index (χ3v) is 6.28. The van der Waals surface area contributed by atoms with E-state index in [1.54, 1.807) is 33.1 Å². The van der Waals surface area contributed by atoms with Crippen LogP contribution in [-0.2, 0) is 31.9 Å². The lowest BCUT2D eigenvalue weighted by atomic mass is 9.85. The van der Waals surface area contributed by atoms with Crippen molar-refractivity contribution in [2.24, 2.45) is 0 Å². The van der Waals surface area contributed by atoms with E-state index in [0.29, 0.717) is 22.7 Å². The lowest BCUT2D eigenvalue weighted by Gasteiger charge is -2.22. The average Bonchev–Trinajstić information content (AvgIpc) is 3.12. The van der Waals surface area contributed by atoms with Crippen molar-refractivity contribution in [3.8, 4) is 5.75 Å². The third-order valence-electron chi connectivity index (χ3n) is 5.09. The number of thiophene rings is 1. The number of rotatable bonds is 8. The van der Waals surface area contributed by atoms with E-state index >= 15 is 0 Å². The summed E-state index contributed by atoms with van der Waals surface area (Å²) in [6.07, 6.45) is 2.32. The van der Waals surface area contributed by atoms with Crippen molar-refractivity contribution < 1.29 is 28.6 Å². The Bertz CT molecular complexity index is 950. The molecule has 0 saturated carbocycles. The number of aryl methyl sites for hydroxylation is 1. The van der Waals surface area contributed by atoms with Crippen molar-refractivity contribution >= 4 is 34.2 Å². The topological polar surface area (TPSA) is 90.9 Å². The Labute approximate surface area is 185 Å². The molecule has 0 radical (unpaired) electrons. The molecule has 1 atom stereocenters. The van der Waals surface area contributed by atoms with Crippen LogP contribution in [0.3, 0.4) is 0 Å². The molecule has 0 bridgehead atoms. The van der Waals surface area contributed by atoms with E-state index in [2.05, 4.69) is 5.32 Å². The Morgan fingerprint density at radius 1 is 1.10 bits per heavy atom. The zero-order valence-electron chi connectivity index (χ0n) is 18.0. The van der Waals surface area contributed by atoms with E-state index in [1.165, 1.54) is 11.3 Å². The summed E-state index contributed by atoms with van der Waals surface area (Å²) in [6.45, 7) is 3.95. The molecule has 31 heavy (non-hydrogen) atoms. The minimum Gasteiger partial charge on any atom is -0.497 e. The second-order valence-corrected chi connectivity index (χ2v) is 8.24. The molecule has 1 aliphatic rings. The molecule has 8 heteroatoms. The number of fused-ring (bicyclic) bond motifs is 1. The number of esters is 2. The smallest absolute Gasteiger partial charge is 0.341 e. The van der Waals surface area contributed by atoms with Crippen molar-refractivity contribution in [2.75, 3.05) is 25.6 Å². The highest BCUT2D eigenvalue weighted by Gasteiger charge is 2.36. The van der Waals surface area contributed by atoms with Gasteiger partial charge in [0.1, 0.15) is 10.8 Å². The zero-order chi connectivity index (χ0) is 22.4. The third kappa shape index (κ3) is 5.25. The van der Waals surface area contributed by atoms with E-state index in [-0.39, 0.29) is 37.1 Å². The highest BCUT2D eigenvalue weighted by Crippen LogP contribution is 2.44. The van der Waals surface area contributed by atoms with Gasteiger partial charge in [-0.1, -0.05) is 12.1 Å². The summed E-state index contributed by atoms with van der Waals surface area (Å²) in [5.74, 6) is -0.933. The van der Waals surface area contributed by atoms with E-state index in [9.17, 15) is 14.4 Å². The van der Waals surface area contributed by atoms with Crippen molar-refractivity contribution in [3.05, 3.63) is 45.8 Å².